The van der Waals surface area contributed by atoms with Gasteiger partial charge in [0.05, 0.1) is 15.6 Å². The average molecular weight is 412 g/mol. The number of ether oxygens (including phenoxy) is 3. The maximum absolute atomic E-state index is 13.2. The summed E-state index contributed by atoms with van der Waals surface area (Å²) in [6, 6.07) is 8.13. The Morgan fingerprint density at radius 1 is 1.19 bits per heavy atom. The maximum Gasteiger partial charge on any atom is 0.512 e. The Morgan fingerprint density at radius 2 is 1.85 bits per heavy atom. The molecule has 0 aliphatic carbocycles. The summed E-state index contributed by atoms with van der Waals surface area (Å²) in [5.41, 5.74) is -0.264. The van der Waals surface area contributed by atoms with Crippen LogP contribution >= 0.6 is 11.6 Å². The summed E-state index contributed by atoms with van der Waals surface area (Å²) in [6.45, 7) is -0.0791. The largest absolute Gasteiger partial charge is 0.512 e. The number of aliphatic hydroxyl groups is 1. The first-order valence-electron chi connectivity index (χ1n) is 7.38. The predicted octanol–water partition coefficient (Wildman–Crippen LogP) is 3.16. The van der Waals surface area contributed by atoms with Gasteiger partial charge in [-0.05, 0) is 12.1 Å². The summed E-state index contributed by atoms with van der Waals surface area (Å²) < 4.78 is 41.9. The second-order valence-electron chi connectivity index (χ2n) is 5.44. The topological polar surface area (TPSA) is 123 Å². The van der Waals surface area contributed by atoms with Gasteiger partial charge < -0.3 is 24.4 Å². The number of carboxylic acid groups (broad SMARTS) is 1. The monoisotopic (exact) mass is 411 g/mol. The van der Waals surface area contributed by atoms with Gasteiger partial charge in [0.25, 0.3) is 15.9 Å². The van der Waals surface area contributed by atoms with E-state index in [-0.39, 0.29) is 33.7 Å². The number of anilines is 1. The summed E-state index contributed by atoms with van der Waals surface area (Å²) in [5.74, 6) is -0.983. The number of hydrogen-bond acceptors (Lipinski definition) is 7. The molecule has 0 radical (unpaired) electrons. The van der Waals surface area contributed by atoms with Crippen LogP contribution < -0.4 is 13.8 Å². The third-order valence-corrected chi connectivity index (χ3v) is 5.95. The van der Waals surface area contributed by atoms with Crippen molar-refractivity contribution in [3.8, 4) is 11.5 Å². The van der Waals surface area contributed by atoms with E-state index in [4.69, 9.17) is 26.2 Å². The maximum atomic E-state index is 13.2. The SMILES string of the molecule is O=C(O)OC1=C(O)c2ccccc2S(=O)(=O)N1c1cc2c(cc1Cl)OCO2. The van der Waals surface area contributed by atoms with Crippen LogP contribution in [0.4, 0.5) is 10.5 Å². The molecule has 9 nitrogen and oxygen atoms in total. The van der Waals surface area contributed by atoms with Crippen LogP contribution in [0.15, 0.2) is 47.2 Å². The van der Waals surface area contributed by atoms with Crippen LogP contribution in [0.2, 0.25) is 5.02 Å². The van der Waals surface area contributed by atoms with E-state index in [0.29, 0.717) is 10.1 Å². The van der Waals surface area contributed by atoms with Crippen molar-refractivity contribution in [3.05, 3.63) is 52.9 Å². The van der Waals surface area contributed by atoms with Crippen LogP contribution in [-0.4, -0.2) is 31.6 Å². The Bertz CT molecular complexity index is 1110. The lowest BCUT2D eigenvalue weighted by Crippen LogP contribution is -2.37. The minimum absolute atomic E-state index is 0.0791. The van der Waals surface area contributed by atoms with E-state index in [9.17, 15) is 18.3 Å². The highest BCUT2D eigenvalue weighted by Crippen LogP contribution is 2.46. The van der Waals surface area contributed by atoms with Crippen LogP contribution in [0.5, 0.6) is 11.5 Å². The van der Waals surface area contributed by atoms with Crippen LogP contribution in [0.1, 0.15) is 5.56 Å². The molecule has 27 heavy (non-hydrogen) atoms. The fourth-order valence-corrected chi connectivity index (χ4v) is 4.71. The van der Waals surface area contributed by atoms with Crippen molar-refractivity contribution in [3.63, 3.8) is 0 Å². The number of aliphatic hydroxyl groups excluding tert-OH is 1. The normalized spacial score (nSPS) is 16.9. The Balaban J connectivity index is 2.01. The molecule has 0 fully saturated rings. The van der Waals surface area contributed by atoms with Gasteiger partial charge in [-0.15, -0.1) is 0 Å². The van der Waals surface area contributed by atoms with Gasteiger partial charge in [-0.1, -0.05) is 23.7 Å². The smallest absolute Gasteiger partial charge is 0.503 e. The zero-order valence-electron chi connectivity index (χ0n) is 13.2. The number of halogens is 1. The minimum Gasteiger partial charge on any atom is -0.503 e. The average Bonchev–Trinajstić information content (AvgIpc) is 3.06. The van der Waals surface area contributed by atoms with E-state index in [1.165, 1.54) is 36.4 Å². The first kappa shape index (κ1) is 17.3. The van der Waals surface area contributed by atoms with Crippen molar-refractivity contribution in [2.75, 3.05) is 11.1 Å². The van der Waals surface area contributed by atoms with Gasteiger partial charge in [-0.2, -0.15) is 4.31 Å². The molecule has 2 aromatic rings. The first-order chi connectivity index (χ1) is 12.8. The Kier molecular flexibility index (Phi) is 3.82. The van der Waals surface area contributed by atoms with E-state index < -0.39 is 27.8 Å². The lowest BCUT2D eigenvalue weighted by Gasteiger charge is -2.30. The second-order valence-corrected chi connectivity index (χ2v) is 7.61. The van der Waals surface area contributed by atoms with Crippen molar-refractivity contribution < 1.29 is 37.6 Å². The van der Waals surface area contributed by atoms with Crippen molar-refractivity contribution in [1.82, 2.24) is 0 Å². The first-order valence-corrected chi connectivity index (χ1v) is 9.20. The standard InChI is InChI=1S/C16H10ClNO8S/c17-9-5-11-12(25-7-24-11)6-10(9)18-15(26-16(20)21)14(19)8-3-1-2-4-13(8)27(18,22)23/h1-6,19H,7H2,(H,20,21). The van der Waals surface area contributed by atoms with Gasteiger partial charge in [0.2, 0.25) is 6.79 Å². The third-order valence-electron chi connectivity index (χ3n) is 3.89. The van der Waals surface area contributed by atoms with Crippen LogP contribution in [0.25, 0.3) is 5.76 Å². The molecular weight excluding hydrogens is 402 g/mol. The Labute approximate surface area is 157 Å². The fraction of sp³-hybridized carbons (Fsp3) is 0.0625. The summed E-state index contributed by atoms with van der Waals surface area (Å²) in [4.78, 5) is 10.9. The molecule has 0 bridgehead atoms. The van der Waals surface area contributed by atoms with E-state index >= 15 is 0 Å². The van der Waals surface area contributed by atoms with Crippen LogP contribution in [0, 0.1) is 0 Å². The molecule has 140 valence electrons. The lowest BCUT2D eigenvalue weighted by atomic mass is 10.2. The molecule has 2 aliphatic rings. The van der Waals surface area contributed by atoms with Crippen molar-refractivity contribution >= 4 is 39.2 Å². The molecule has 0 saturated carbocycles. The minimum atomic E-state index is -4.36. The summed E-state index contributed by atoms with van der Waals surface area (Å²) in [5, 5.41) is 19.4. The molecule has 0 unspecified atom stereocenters. The number of hydrogen-bond donors (Lipinski definition) is 2. The van der Waals surface area contributed by atoms with Crippen LogP contribution in [0.3, 0.4) is 0 Å². The summed E-state index contributed by atoms with van der Waals surface area (Å²) in [7, 11) is -4.36. The third kappa shape index (κ3) is 2.61. The summed E-state index contributed by atoms with van der Waals surface area (Å²) in [6.07, 6.45) is -1.81. The highest BCUT2D eigenvalue weighted by molar-refractivity contribution is 7.93. The molecule has 0 spiro atoms. The van der Waals surface area contributed by atoms with Gasteiger partial charge >= 0.3 is 6.16 Å². The molecule has 11 heteroatoms. The highest BCUT2D eigenvalue weighted by atomic mass is 35.5. The molecular formula is C16H10ClNO8S. The van der Waals surface area contributed by atoms with Crippen molar-refractivity contribution in [1.29, 1.82) is 0 Å². The zero-order chi connectivity index (χ0) is 19.3. The van der Waals surface area contributed by atoms with E-state index in [0.717, 1.165) is 0 Å². The van der Waals surface area contributed by atoms with Gasteiger partial charge in [-0.3, -0.25) is 0 Å². The molecule has 4 rings (SSSR count). The van der Waals surface area contributed by atoms with Gasteiger partial charge in [0.1, 0.15) is 0 Å². The predicted molar refractivity (Wildman–Crippen MR) is 92.3 cm³/mol. The van der Waals surface area contributed by atoms with Crippen molar-refractivity contribution in [2.24, 2.45) is 0 Å². The molecule has 2 aromatic carbocycles. The number of sulfonamides is 1. The molecule has 0 atom stereocenters. The number of benzene rings is 2. The van der Waals surface area contributed by atoms with E-state index in [1.807, 2.05) is 0 Å². The second kappa shape index (κ2) is 5.96. The fourth-order valence-electron chi connectivity index (χ4n) is 2.78. The molecule has 0 amide bonds. The van der Waals surface area contributed by atoms with Crippen molar-refractivity contribution in [2.45, 2.75) is 4.90 Å². The zero-order valence-corrected chi connectivity index (χ0v) is 14.8. The molecule has 0 aromatic heterocycles. The molecule has 2 heterocycles. The lowest BCUT2D eigenvalue weighted by molar-refractivity contribution is 0.117. The molecule has 2 N–H and O–H groups in total. The van der Waals surface area contributed by atoms with E-state index in [2.05, 4.69) is 4.74 Å². The Hall–Kier alpha value is -3.11. The van der Waals surface area contributed by atoms with Gasteiger partial charge in [0.15, 0.2) is 17.3 Å². The number of nitrogens with zero attached hydrogens (tertiary/aromatic N) is 1. The number of carbonyl (C=O) groups is 1. The number of rotatable bonds is 2. The highest BCUT2D eigenvalue weighted by Gasteiger charge is 2.42. The van der Waals surface area contributed by atoms with E-state index in [1.54, 1.807) is 0 Å². The number of fused-ring (bicyclic) bond motifs is 2. The van der Waals surface area contributed by atoms with Crippen LogP contribution in [-0.2, 0) is 14.8 Å². The van der Waals surface area contributed by atoms with Gasteiger partial charge in [-0.25, -0.2) is 13.2 Å². The quantitative estimate of drug-likeness (QED) is 0.722. The molecule has 2 aliphatic heterocycles. The summed E-state index contributed by atoms with van der Waals surface area (Å²) >= 11 is 6.20. The Morgan fingerprint density at radius 3 is 2.56 bits per heavy atom. The van der Waals surface area contributed by atoms with Gasteiger partial charge in [0, 0.05) is 17.7 Å². The molecule has 0 saturated heterocycles.